The fourth-order valence-electron chi connectivity index (χ4n) is 0.554. The predicted octanol–water partition coefficient (Wildman–Crippen LogP) is 2.30. The molecule has 0 aromatic rings. The van der Waals surface area contributed by atoms with Crippen LogP contribution in [0.1, 0.15) is 20.8 Å². The summed E-state index contributed by atoms with van der Waals surface area (Å²) in [5.74, 6) is -2.87. The number of hydrogen-bond acceptors (Lipinski definition) is 1. The van der Waals surface area contributed by atoms with Crippen LogP contribution in [0.5, 0.6) is 0 Å². The summed E-state index contributed by atoms with van der Waals surface area (Å²) >= 11 is 0. The number of alkyl halides is 3. The van der Waals surface area contributed by atoms with Gasteiger partial charge >= 0.3 is 12.1 Å². The normalized spacial score (nSPS) is 15.8. The van der Waals surface area contributed by atoms with Gasteiger partial charge in [-0.3, -0.25) is 4.79 Å². The van der Waals surface area contributed by atoms with Crippen LogP contribution in [0.25, 0.3) is 0 Å². The van der Waals surface area contributed by atoms with Crippen molar-refractivity contribution in [3.05, 3.63) is 0 Å². The number of hydrogen-bond donors (Lipinski definition) is 1. The molecular formula is C7H11F3O2. The molecule has 0 aromatic heterocycles. The number of aliphatic carboxylic acids is 1. The van der Waals surface area contributed by atoms with E-state index in [9.17, 15) is 18.0 Å². The van der Waals surface area contributed by atoms with Gasteiger partial charge in [0.1, 0.15) is 0 Å². The van der Waals surface area contributed by atoms with Gasteiger partial charge in [0.2, 0.25) is 0 Å². The first-order chi connectivity index (χ1) is 5.10. The van der Waals surface area contributed by atoms with Gasteiger partial charge < -0.3 is 5.11 Å². The molecule has 0 aliphatic heterocycles. The van der Waals surface area contributed by atoms with Gasteiger partial charge in [0.05, 0.1) is 11.3 Å². The van der Waals surface area contributed by atoms with Crippen molar-refractivity contribution in [1.29, 1.82) is 0 Å². The molecule has 0 radical (unpaired) electrons. The molecule has 12 heavy (non-hydrogen) atoms. The van der Waals surface area contributed by atoms with Gasteiger partial charge in [-0.05, 0) is 0 Å². The van der Waals surface area contributed by atoms with Crippen LogP contribution in [-0.4, -0.2) is 17.3 Å². The molecule has 0 bridgehead atoms. The quantitative estimate of drug-likeness (QED) is 0.714. The molecule has 0 amide bonds. The first kappa shape index (κ1) is 11.3. The van der Waals surface area contributed by atoms with Crippen molar-refractivity contribution in [1.82, 2.24) is 0 Å². The number of halogens is 3. The van der Waals surface area contributed by atoms with Gasteiger partial charge in [-0.25, -0.2) is 0 Å². The third-order valence-electron chi connectivity index (χ3n) is 2.18. The van der Waals surface area contributed by atoms with E-state index in [1.54, 1.807) is 0 Å². The van der Waals surface area contributed by atoms with Gasteiger partial charge in [-0.2, -0.15) is 13.2 Å². The standard InChI is InChI=1S/C7H11F3O2/c1-4(5(11)12)6(2,3)7(8,9)10/h4H,1-3H3,(H,11,12)/t4-/m0/s1. The SMILES string of the molecule is C[C@@H](C(=O)O)C(C)(C)C(F)(F)F. The molecular weight excluding hydrogens is 173 g/mol. The number of carbonyl (C=O) groups is 1. The number of carboxylic acid groups (broad SMARTS) is 1. The third-order valence-corrected chi connectivity index (χ3v) is 2.18. The molecule has 2 nitrogen and oxygen atoms in total. The second-order valence-electron chi connectivity index (χ2n) is 3.28. The summed E-state index contributed by atoms with van der Waals surface area (Å²) in [6.45, 7) is 2.81. The molecule has 0 saturated heterocycles. The van der Waals surface area contributed by atoms with E-state index in [4.69, 9.17) is 5.11 Å². The van der Waals surface area contributed by atoms with Crippen molar-refractivity contribution < 1.29 is 23.1 Å². The van der Waals surface area contributed by atoms with E-state index in [2.05, 4.69) is 0 Å². The Labute approximate surface area is 68.4 Å². The molecule has 0 fully saturated rings. The maximum atomic E-state index is 12.2. The van der Waals surface area contributed by atoms with E-state index in [1.807, 2.05) is 0 Å². The third kappa shape index (κ3) is 1.89. The fourth-order valence-corrected chi connectivity index (χ4v) is 0.554. The molecule has 0 spiro atoms. The van der Waals surface area contributed by atoms with Gasteiger partial charge in [0.15, 0.2) is 0 Å². The van der Waals surface area contributed by atoms with Crippen molar-refractivity contribution >= 4 is 5.97 Å². The Hall–Kier alpha value is -0.740. The Kier molecular flexibility index (Phi) is 2.77. The molecule has 0 aliphatic carbocycles. The van der Waals surface area contributed by atoms with E-state index >= 15 is 0 Å². The Balaban J connectivity index is 4.73. The molecule has 0 heterocycles. The van der Waals surface area contributed by atoms with Crippen molar-refractivity contribution in [2.45, 2.75) is 26.9 Å². The largest absolute Gasteiger partial charge is 0.481 e. The van der Waals surface area contributed by atoms with Crippen LogP contribution in [-0.2, 0) is 4.79 Å². The zero-order valence-corrected chi connectivity index (χ0v) is 7.07. The summed E-state index contributed by atoms with van der Waals surface area (Å²) < 4.78 is 36.5. The molecule has 1 atom stereocenters. The Morgan fingerprint density at radius 2 is 1.67 bits per heavy atom. The lowest BCUT2D eigenvalue weighted by Crippen LogP contribution is -2.41. The predicted molar refractivity (Wildman–Crippen MR) is 36.6 cm³/mol. The van der Waals surface area contributed by atoms with Crippen LogP contribution in [0.3, 0.4) is 0 Å². The Morgan fingerprint density at radius 3 is 1.75 bits per heavy atom. The van der Waals surface area contributed by atoms with Crippen molar-refractivity contribution in [2.24, 2.45) is 11.3 Å². The number of carboxylic acids is 1. The van der Waals surface area contributed by atoms with Gasteiger partial charge in [0, 0.05) is 0 Å². The second-order valence-corrected chi connectivity index (χ2v) is 3.28. The highest BCUT2D eigenvalue weighted by molar-refractivity contribution is 5.70. The summed E-state index contributed by atoms with van der Waals surface area (Å²) in [6, 6.07) is 0. The van der Waals surface area contributed by atoms with Crippen LogP contribution in [0.2, 0.25) is 0 Å². The fraction of sp³-hybridized carbons (Fsp3) is 0.857. The Bertz CT molecular complexity index is 184. The summed E-state index contributed by atoms with van der Waals surface area (Å²) in [4.78, 5) is 10.3. The lowest BCUT2D eigenvalue weighted by molar-refractivity contribution is -0.230. The van der Waals surface area contributed by atoms with Crippen molar-refractivity contribution in [3.63, 3.8) is 0 Å². The monoisotopic (exact) mass is 184 g/mol. The van der Waals surface area contributed by atoms with Crippen LogP contribution in [0, 0.1) is 11.3 Å². The van der Waals surface area contributed by atoms with Crippen LogP contribution in [0.4, 0.5) is 13.2 Å². The van der Waals surface area contributed by atoms with E-state index in [0.717, 1.165) is 20.8 Å². The van der Waals surface area contributed by atoms with E-state index in [1.165, 1.54) is 0 Å². The molecule has 0 rings (SSSR count). The molecule has 0 aromatic carbocycles. The van der Waals surface area contributed by atoms with Crippen molar-refractivity contribution in [2.75, 3.05) is 0 Å². The zero-order valence-electron chi connectivity index (χ0n) is 7.07. The maximum Gasteiger partial charge on any atom is 0.394 e. The lowest BCUT2D eigenvalue weighted by atomic mass is 9.79. The summed E-state index contributed by atoms with van der Waals surface area (Å²) in [7, 11) is 0. The molecule has 0 unspecified atom stereocenters. The van der Waals surface area contributed by atoms with Crippen LogP contribution < -0.4 is 0 Å². The van der Waals surface area contributed by atoms with E-state index < -0.39 is 23.5 Å². The van der Waals surface area contributed by atoms with E-state index in [-0.39, 0.29) is 0 Å². The minimum absolute atomic E-state index is 0.881. The first-order valence-electron chi connectivity index (χ1n) is 3.40. The smallest absolute Gasteiger partial charge is 0.394 e. The summed E-state index contributed by atoms with van der Waals surface area (Å²) in [5.41, 5.74) is -2.18. The van der Waals surface area contributed by atoms with Gasteiger partial charge in [0.25, 0.3) is 0 Å². The molecule has 72 valence electrons. The average molecular weight is 184 g/mol. The maximum absolute atomic E-state index is 12.2. The zero-order chi connectivity index (χ0) is 10.2. The van der Waals surface area contributed by atoms with Crippen molar-refractivity contribution in [3.8, 4) is 0 Å². The average Bonchev–Trinajstić information content (AvgIpc) is 1.83. The van der Waals surface area contributed by atoms with E-state index in [0.29, 0.717) is 0 Å². The lowest BCUT2D eigenvalue weighted by Gasteiger charge is -2.31. The highest BCUT2D eigenvalue weighted by Gasteiger charge is 2.53. The highest BCUT2D eigenvalue weighted by Crippen LogP contribution is 2.43. The minimum Gasteiger partial charge on any atom is -0.481 e. The Morgan fingerprint density at radius 1 is 1.33 bits per heavy atom. The molecule has 5 heteroatoms. The van der Waals surface area contributed by atoms with Gasteiger partial charge in [-0.15, -0.1) is 0 Å². The minimum atomic E-state index is -4.48. The summed E-state index contributed by atoms with van der Waals surface area (Å²) in [6.07, 6.45) is -4.48. The van der Waals surface area contributed by atoms with Gasteiger partial charge in [-0.1, -0.05) is 20.8 Å². The molecule has 0 saturated carbocycles. The molecule has 0 aliphatic rings. The van der Waals surface area contributed by atoms with Crippen LogP contribution in [0.15, 0.2) is 0 Å². The summed E-state index contributed by atoms with van der Waals surface area (Å²) in [5, 5.41) is 8.38. The highest BCUT2D eigenvalue weighted by atomic mass is 19.4. The number of rotatable bonds is 2. The van der Waals surface area contributed by atoms with Crippen LogP contribution >= 0.6 is 0 Å². The first-order valence-corrected chi connectivity index (χ1v) is 3.40. The molecule has 1 N–H and O–H groups in total. The second kappa shape index (κ2) is 2.95. The topological polar surface area (TPSA) is 37.3 Å².